The number of carbonyl (C=O) groups excluding carboxylic acids is 1. The third-order valence-corrected chi connectivity index (χ3v) is 5.23. The van der Waals surface area contributed by atoms with E-state index in [0.717, 1.165) is 0 Å². The Morgan fingerprint density at radius 1 is 1.07 bits per heavy atom. The molecule has 0 spiro atoms. The molecule has 0 bridgehead atoms. The van der Waals surface area contributed by atoms with E-state index in [0.29, 0.717) is 0 Å². The summed E-state index contributed by atoms with van der Waals surface area (Å²) in [6.07, 6.45) is -3.51. The number of fused-ring (bicyclic) bond motifs is 1. The molecule has 0 aromatic rings. The maximum absolute atomic E-state index is 12.0. The van der Waals surface area contributed by atoms with E-state index in [9.17, 15) is 30.3 Å². The van der Waals surface area contributed by atoms with Crippen molar-refractivity contribution in [2.45, 2.75) is 37.0 Å². The van der Waals surface area contributed by atoms with E-state index < -0.39 is 61.4 Å². The highest BCUT2D eigenvalue weighted by atomic mass is 16.8. The lowest BCUT2D eigenvalue weighted by Crippen LogP contribution is -2.60. The van der Waals surface area contributed by atoms with Gasteiger partial charge < -0.3 is 44.5 Å². The molecule has 2 aliphatic heterocycles. The lowest BCUT2D eigenvalue weighted by molar-refractivity contribution is -0.342. The average Bonchev–Trinajstić information content (AvgIpc) is 3.12. The van der Waals surface area contributed by atoms with E-state index in [1.165, 1.54) is 13.4 Å². The lowest BCUT2D eigenvalue weighted by Gasteiger charge is -2.43. The van der Waals surface area contributed by atoms with Gasteiger partial charge in [-0.3, -0.25) is 0 Å². The largest absolute Gasteiger partial charge is 0.472 e. The van der Waals surface area contributed by atoms with Crippen LogP contribution in [-0.2, 0) is 23.7 Å². The fourth-order valence-electron chi connectivity index (χ4n) is 3.70. The fraction of sp³-hybridized carbons (Fsp3) is 0.706. The van der Waals surface area contributed by atoms with Crippen molar-refractivity contribution in [3.8, 4) is 0 Å². The van der Waals surface area contributed by atoms with Gasteiger partial charge >= 0.3 is 5.97 Å². The predicted molar refractivity (Wildman–Crippen MR) is 86.5 cm³/mol. The molecular formula is C17H24O10. The first kappa shape index (κ1) is 20.2. The number of aliphatic hydroxyl groups is 5. The number of aliphatic hydroxyl groups excluding tert-OH is 5. The Morgan fingerprint density at radius 3 is 2.44 bits per heavy atom. The van der Waals surface area contributed by atoms with Crippen molar-refractivity contribution >= 4 is 5.97 Å². The lowest BCUT2D eigenvalue weighted by atomic mass is 9.82. The van der Waals surface area contributed by atoms with Crippen molar-refractivity contribution in [3.63, 3.8) is 0 Å². The van der Waals surface area contributed by atoms with Crippen LogP contribution in [0.1, 0.15) is 0 Å². The van der Waals surface area contributed by atoms with Crippen molar-refractivity contribution in [1.82, 2.24) is 0 Å². The second kappa shape index (κ2) is 8.23. The third-order valence-electron chi connectivity index (χ3n) is 5.23. The van der Waals surface area contributed by atoms with Crippen LogP contribution in [0.3, 0.4) is 0 Å². The van der Waals surface area contributed by atoms with Gasteiger partial charge in [0.2, 0.25) is 6.29 Å². The van der Waals surface area contributed by atoms with Crippen LogP contribution in [0.15, 0.2) is 24.0 Å². The highest BCUT2D eigenvalue weighted by Gasteiger charge is 2.50. The van der Waals surface area contributed by atoms with Gasteiger partial charge in [0.15, 0.2) is 6.29 Å². The van der Waals surface area contributed by atoms with Crippen LogP contribution in [0.25, 0.3) is 0 Å². The van der Waals surface area contributed by atoms with Gasteiger partial charge in [-0.2, -0.15) is 0 Å². The normalized spacial score (nSPS) is 43.6. The summed E-state index contributed by atoms with van der Waals surface area (Å²) >= 11 is 0. The van der Waals surface area contributed by atoms with E-state index in [-0.39, 0.29) is 18.1 Å². The van der Waals surface area contributed by atoms with E-state index in [2.05, 4.69) is 0 Å². The van der Waals surface area contributed by atoms with Crippen molar-refractivity contribution in [3.05, 3.63) is 24.0 Å². The highest BCUT2D eigenvalue weighted by molar-refractivity contribution is 5.89. The molecule has 10 heteroatoms. The molecule has 3 aliphatic rings. The zero-order valence-electron chi connectivity index (χ0n) is 14.6. The Morgan fingerprint density at radius 2 is 1.81 bits per heavy atom. The number of esters is 1. The Bertz CT molecular complexity index is 603. The summed E-state index contributed by atoms with van der Waals surface area (Å²) in [5.74, 6) is -1.88. The van der Waals surface area contributed by atoms with Crippen molar-refractivity contribution < 1.29 is 49.3 Å². The van der Waals surface area contributed by atoms with Gasteiger partial charge in [0.1, 0.15) is 24.4 Å². The van der Waals surface area contributed by atoms with Crippen molar-refractivity contribution in [2.75, 3.05) is 20.3 Å². The Hall–Kier alpha value is -1.53. The Labute approximate surface area is 155 Å². The average molecular weight is 388 g/mol. The smallest absolute Gasteiger partial charge is 0.337 e. The predicted octanol–water partition coefficient (Wildman–Crippen LogP) is -2.37. The molecule has 1 fully saturated rings. The molecule has 0 aromatic carbocycles. The SMILES string of the molecule is COC(=O)C1=CO[C@H](O[C@H]2O[C@H](CO)[C@@H](O)[C@H](O)[C@@H]2O)[C@H]2[C@H](CO)C=C[C@@H]12. The molecule has 3 rings (SSSR count). The minimum absolute atomic E-state index is 0.218. The molecule has 2 heterocycles. The topological polar surface area (TPSA) is 155 Å². The molecule has 0 saturated carbocycles. The second-order valence-electron chi connectivity index (χ2n) is 6.74. The summed E-state index contributed by atoms with van der Waals surface area (Å²) < 4.78 is 21.3. The van der Waals surface area contributed by atoms with E-state index in [4.69, 9.17) is 18.9 Å². The number of carbonyl (C=O) groups is 1. The molecule has 1 saturated heterocycles. The molecule has 1 aliphatic carbocycles. The minimum Gasteiger partial charge on any atom is -0.472 e. The fourth-order valence-corrected chi connectivity index (χ4v) is 3.70. The van der Waals surface area contributed by atoms with E-state index >= 15 is 0 Å². The number of allylic oxidation sites excluding steroid dienone is 1. The van der Waals surface area contributed by atoms with Gasteiger partial charge in [0, 0.05) is 24.4 Å². The summed E-state index contributed by atoms with van der Waals surface area (Å²) in [6, 6.07) is 0. The van der Waals surface area contributed by atoms with Crippen LogP contribution < -0.4 is 0 Å². The summed E-state index contributed by atoms with van der Waals surface area (Å²) in [4.78, 5) is 12.0. The van der Waals surface area contributed by atoms with Gasteiger partial charge in [0.05, 0.1) is 25.6 Å². The van der Waals surface area contributed by atoms with Crippen LogP contribution in [0.2, 0.25) is 0 Å². The minimum atomic E-state index is -1.59. The first-order valence-electron chi connectivity index (χ1n) is 8.61. The van der Waals surface area contributed by atoms with Crippen LogP contribution in [0, 0.1) is 17.8 Å². The molecule has 0 unspecified atom stereocenters. The molecule has 0 aromatic heterocycles. The molecule has 0 amide bonds. The van der Waals surface area contributed by atoms with E-state index in [1.807, 2.05) is 0 Å². The maximum Gasteiger partial charge on any atom is 0.337 e. The monoisotopic (exact) mass is 388 g/mol. The molecule has 10 nitrogen and oxygen atoms in total. The molecule has 27 heavy (non-hydrogen) atoms. The molecule has 152 valence electrons. The van der Waals surface area contributed by atoms with Crippen LogP contribution >= 0.6 is 0 Å². The van der Waals surface area contributed by atoms with Gasteiger partial charge in [0.25, 0.3) is 0 Å². The van der Waals surface area contributed by atoms with Crippen LogP contribution in [0.4, 0.5) is 0 Å². The number of hydrogen-bond donors (Lipinski definition) is 5. The zero-order valence-corrected chi connectivity index (χ0v) is 14.6. The first-order valence-corrected chi connectivity index (χ1v) is 8.61. The summed E-state index contributed by atoms with van der Waals surface area (Å²) in [5, 5.41) is 48.8. The Kier molecular flexibility index (Phi) is 6.16. The van der Waals surface area contributed by atoms with Gasteiger partial charge in [-0.25, -0.2) is 4.79 Å². The number of ether oxygens (including phenoxy) is 4. The number of rotatable bonds is 5. The zero-order chi connectivity index (χ0) is 19.7. The van der Waals surface area contributed by atoms with E-state index in [1.54, 1.807) is 12.2 Å². The quantitative estimate of drug-likeness (QED) is 0.255. The second-order valence-corrected chi connectivity index (χ2v) is 6.74. The number of hydrogen-bond acceptors (Lipinski definition) is 10. The first-order chi connectivity index (χ1) is 12.9. The summed E-state index contributed by atoms with van der Waals surface area (Å²) in [7, 11) is 1.25. The molecule has 0 radical (unpaired) electrons. The van der Waals surface area contributed by atoms with Gasteiger partial charge in [-0.15, -0.1) is 0 Å². The molecule has 9 atom stereocenters. The van der Waals surface area contributed by atoms with Gasteiger partial charge in [-0.05, 0) is 0 Å². The maximum atomic E-state index is 12.0. The van der Waals surface area contributed by atoms with Crippen molar-refractivity contribution in [1.29, 1.82) is 0 Å². The van der Waals surface area contributed by atoms with Crippen molar-refractivity contribution in [2.24, 2.45) is 17.8 Å². The Balaban J connectivity index is 1.80. The third kappa shape index (κ3) is 3.61. The molecule has 5 N–H and O–H groups in total. The highest BCUT2D eigenvalue weighted by Crippen LogP contribution is 2.43. The molecular weight excluding hydrogens is 364 g/mol. The number of methoxy groups -OCH3 is 1. The summed E-state index contributed by atoms with van der Waals surface area (Å²) in [5.41, 5.74) is 0.267. The van der Waals surface area contributed by atoms with Gasteiger partial charge in [-0.1, -0.05) is 12.2 Å². The van der Waals surface area contributed by atoms with Crippen LogP contribution in [0.5, 0.6) is 0 Å². The summed E-state index contributed by atoms with van der Waals surface area (Å²) in [6.45, 7) is -0.806. The van der Waals surface area contributed by atoms with Crippen LogP contribution in [-0.4, -0.2) is 88.8 Å². The standard InChI is InChI=1S/C17H24O10/c1-24-15(23)9-6-25-16(11-7(4-18)2-3-8(9)11)27-17-14(22)13(21)12(20)10(5-19)26-17/h2-3,6-8,10-14,16-22H,4-5H2,1H3/t7-,8-,10+,11-,12+,13-,14-,16+,17+/m0/s1.